The molecule has 5 nitrogen and oxygen atoms in total. The summed E-state index contributed by atoms with van der Waals surface area (Å²) in [5, 5.41) is 5.17. The van der Waals surface area contributed by atoms with E-state index < -0.39 is 0 Å². The van der Waals surface area contributed by atoms with Crippen LogP contribution in [0.4, 0.5) is 0 Å². The Kier molecular flexibility index (Phi) is 4.46. The van der Waals surface area contributed by atoms with Gasteiger partial charge in [0.2, 0.25) is 0 Å². The lowest BCUT2D eigenvalue weighted by Crippen LogP contribution is -2.48. The van der Waals surface area contributed by atoms with E-state index in [9.17, 15) is 4.79 Å². The van der Waals surface area contributed by atoms with Gasteiger partial charge in [0, 0.05) is 38.1 Å². The zero-order valence-electron chi connectivity index (χ0n) is 14.1. The molecular formula is C19H20N2O3S. The number of furan rings is 1. The quantitative estimate of drug-likeness (QED) is 0.718. The fourth-order valence-electron chi connectivity index (χ4n) is 3.21. The molecule has 2 aromatic heterocycles. The van der Waals surface area contributed by atoms with Gasteiger partial charge < -0.3 is 14.1 Å². The van der Waals surface area contributed by atoms with E-state index in [-0.39, 0.29) is 5.91 Å². The number of ether oxygens (including phenoxy) is 1. The number of rotatable bonds is 4. The largest absolute Gasteiger partial charge is 0.493 e. The molecule has 0 N–H and O–H groups in total. The third-order valence-electron chi connectivity index (χ3n) is 4.58. The Morgan fingerprint density at radius 1 is 1.24 bits per heavy atom. The molecule has 0 unspecified atom stereocenters. The van der Waals surface area contributed by atoms with Gasteiger partial charge in [-0.25, -0.2) is 0 Å². The van der Waals surface area contributed by atoms with Gasteiger partial charge >= 0.3 is 0 Å². The van der Waals surface area contributed by atoms with Crippen molar-refractivity contribution in [1.82, 2.24) is 9.80 Å². The monoisotopic (exact) mass is 356 g/mol. The average molecular weight is 356 g/mol. The molecule has 1 amide bonds. The first kappa shape index (κ1) is 16.2. The van der Waals surface area contributed by atoms with E-state index in [1.165, 1.54) is 5.56 Å². The van der Waals surface area contributed by atoms with Gasteiger partial charge in [0.1, 0.15) is 0 Å². The van der Waals surface area contributed by atoms with Gasteiger partial charge in [0.05, 0.1) is 7.11 Å². The predicted octanol–water partition coefficient (Wildman–Crippen LogP) is 3.46. The smallest absolute Gasteiger partial charge is 0.289 e. The SMILES string of the molecule is COc1cccc2cc(C(=O)N3CCN(Cc4ccsc4)CC3)oc12. The number of thiophene rings is 1. The number of hydrogen-bond donors (Lipinski definition) is 0. The highest BCUT2D eigenvalue weighted by molar-refractivity contribution is 7.07. The summed E-state index contributed by atoms with van der Waals surface area (Å²) in [5.41, 5.74) is 1.97. The highest BCUT2D eigenvalue weighted by Gasteiger charge is 2.25. The van der Waals surface area contributed by atoms with Crippen LogP contribution < -0.4 is 4.74 Å². The number of carbonyl (C=O) groups is 1. The molecule has 0 aliphatic carbocycles. The third kappa shape index (κ3) is 3.27. The molecule has 0 saturated carbocycles. The standard InChI is InChI=1S/C19H20N2O3S/c1-23-16-4-2-3-15-11-17(24-18(15)16)19(22)21-8-6-20(7-9-21)12-14-5-10-25-13-14/h2-5,10-11,13H,6-9,12H2,1H3. The molecular weight excluding hydrogens is 336 g/mol. The van der Waals surface area contributed by atoms with Crippen molar-refractivity contribution in [3.05, 3.63) is 52.4 Å². The lowest BCUT2D eigenvalue weighted by atomic mass is 10.2. The van der Waals surface area contributed by atoms with E-state index in [4.69, 9.17) is 9.15 Å². The first-order valence-corrected chi connectivity index (χ1v) is 9.28. The fourth-order valence-corrected chi connectivity index (χ4v) is 3.87. The second kappa shape index (κ2) is 6.90. The maximum absolute atomic E-state index is 12.8. The van der Waals surface area contributed by atoms with Crippen LogP contribution in [0.3, 0.4) is 0 Å². The van der Waals surface area contributed by atoms with Crippen molar-refractivity contribution in [3.63, 3.8) is 0 Å². The van der Waals surface area contributed by atoms with Crippen molar-refractivity contribution in [3.8, 4) is 5.75 Å². The molecule has 1 aliphatic heterocycles. The first-order valence-electron chi connectivity index (χ1n) is 8.34. The summed E-state index contributed by atoms with van der Waals surface area (Å²) in [6, 6.07) is 9.62. The fraction of sp³-hybridized carbons (Fsp3) is 0.316. The Balaban J connectivity index is 1.43. The Bertz CT molecular complexity index is 864. The molecule has 4 rings (SSSR count). The zero-order chi connectivity index (χ0) is 17.2. The van der Waals surface area contributed by atoms with Crippen molar-refractivity contribution < 1.29 is 13.9 Å². The number of fused-ring (bicyclic) bond motifs is 1. The zero-order valence-corrected chi connectivity index (χ0v) is 14.9. The van der Waals surface area contributed by atoms with Crippen LogP contribution in [0.15, 0.2) is 45.5 Å². The van der Waals surface area contributed by atoms with E-state index >= 15 is 0 Å². The van der Waals surface area contributed by atoms with E-state index in [0.717, 1.165) is 38.1 Å². The molecule has 3 aromatic rings. The van der Waals surface area contributed by atoms with E-state index in [1.807, 2.05) is 23.1 Å². The van der Waals surface area contributed by atoms with Crippen LogP contribution in [-0.2, 0) is 6.54 Å². The van der Waals surface area contributed by atoms with Gasteiger partial charge in [-0.05, 0) is 34.5 Å². The van der Waals surface area contributed by atoms with Gasteiger partial charge in [-0.15, -0.1) is 0 Å². The predicted molar refractivity (Wildman–Crippen MR) is 98.3 cm³/mol. The molecule has 1 aliphatic rings. The highest BCUT2D eigenvalue weighted by Crippen LogP contribution is 2.29. The normalized spacial score (nSPS) is 15.6. The van der Waals surface area contributed by atoms with Crippen LogP contribution in [0.5, 0.6) is 5.75 Å². The Morgan fingerprint density at radius 3 is 2.80 bits per heavy atom. The van der Waals surface area contributed by atoms with Crippen molar-refractivity contribution in [2.24, 2.45) is 0 Å². The number of nitrogens with zero attached hydrogens (tertiary/aromatic N) is 2. The van der Waals surface area contributed by atoms with Crippen LogP contribution >= 0.6 is 11.3 Å². The summed E-state index contributed by atoms with van der Waals surface area (Å²) in [5.74, 6) is 0.983. The summed E-state index contributed by atoms with van der Waals surface area (Å²) in [7, 11) is 1.60. The van der Waals surface area contributed by atoms with Crippen molar-refractivity contribution in [2.45, 2.75) is 6.54 Å². The van der Waals surface area contributed by atoms with Crippen LogP contribution in [0.2, 0.25) is 0 Å². The summed E-state index contributed by atoms with van der Waals surface area (Å²) in [6.07, 6.45) is 0. The minimum absolute atomic E-state index is 0.0477. The summed E-state index contributed by atoms with van der Waals surface area (Å²) < 4.78 is 11.1. The van der Waals surface area contributed by atoms with Crippen LogP contribution in [0.1, 0.15) is 16.1 Å². The number of carbonyl (C=O) groups excluding carboxylic acids is 1. The van der Waals surface area contributed by atoms with Crippen LogP contribution in [-0.4, -0.2) is 49.0 Å². The summed E-state index contributed by atoms with van der Waals surface area (Å²) in [4.78, 5) is 17.0. The lowest BCUT2D eigenvalue weighted by molar-refractivity contribution is 0.0600. The number of methoxy groups -OCH3 is 1. The van der Waals surface area contributed by atoms with E-state index in [2.05, 4.69) is 21.7 Å². The number of benzene rings is 1. The Labute approximate surface area is 150 Å². The van der Waals surface area contributed by atoms with Gasteiger partial charge in [-0.1, -0.05) is 12.1 Å². The molecule has 25 heavy (non-hydrogen) atoms. The second-order valence-electron chi connectivity index (χ2n) is 6.19. The maximum atomic E-state index is 12.8. The van der Waals surface area contributed by atoms with E-state index in [0.29, 0.717) is 17.1 Å². The molecule has 6 heteroatoms. The number of piperazine rings is 1. The Hall–Kier alpha value is -2.31. The number of para-hydroxylation sites is 1. The van der Waals surface area contributed by atoms with Gasteiger partial charge in [0.25, 0.3) is 5.91 Å². The van der Waals surface area contributed by atoms with Gasteiger partial charge in [-0.2, -0.15) is 11.3 Å². The maximum Gasteiger partial charge on any atom is 0.289 e. The van der Waals surface area contributed by atoms with E-state index in [1.54, 1.807) is 24.5 Å². The Morgan fingerprint density at radius 2 is 2.08 bits per heavy atom. The minimum Gasteiger partial charge on any atom is -0.493 e. The molecule has 1 saturated heterocycles. The molecule has 3 heterocycles. The summed E-state index contributed by atoms with van der Waals surface area (Å²) in [6.45, 7) is 4.15. The average Bonchev–Trinajstić information content (AvgIpc) is 3.30. The summed E-state index contributed by atoms with van der Waals surface area (Å²) >= 11 is 1.72. The number of hydrogen-bond acceptors (Lipinski definition) is 5. The van der Waals surface area contributed by atoms with Gasteiger partial charge in [-0.3, -0.25) is 9.69 Å². The second-order valence-corrected chi connectivity index (χ2v) is 6.97. The van der Waals surface area contributed by atoms with Crippen molar-refractivity contribution >= 4 is 28.2 Å². The van der Waals surface area contributed by atoms with Crippen molar-refractivity contribution in [1.29, 1.82) is 0 Å². The minimum atomic E-state index is -0.0477. The molecule has 0 bridgehead atoms. The molecule has 0 spiro atoms. The lowest BCUT2D eigenvalue weighted by Gasteiger charge is -2.34. The molecule has 1 fully saturated rings. The molecule has 1 aromatic carbocycles. The highest BCUT2D eigenvalue weighted by atomic mass is 32.1. The van der Waals surface area contributed by atoms with Crippen molar-refractivity contribution in [2.75, 3.05) is 33.3 Å². The topological polar surface area (TPSA) is 45.9 Å². The molecule has 0 radical (unpaired) electrons. The molecule has 0 atom stereocenters. The van der Waals surface area contributed by atoms with Crippen LogP contribution in [0, 0.1) is 0 Å². The number of amides is 1. The molecule has 130 valence electrons. The van der Waals surface area contributed by atoms with Gasteiger partial charge in [0.15, 0.2) is 17.1 Å². The third-order valence-corrected chi connectivity index (χ3v) is 5.32. The van der Waals surface area contributed by atoms with Crippen LogP contribution in [0.25, 0.3) is 11.0 Å². The first-order chi connectivity index (χ1) is 12.2.